The maximum absolute atomic E-state index is 12.7. The summed E-state index contributed by atoms with van der Waals surface area (Å²) in [5.41, 5.74) is 0.888. The van der Waals surface area contributed by atoms with Gasteiger partial charge in [-0.2, -0.15) is 0 Å². The van der Waals surface area contributed by atoms with Gasteiger partial charge in [-0.25, -0.2) is 4.79 Å². The number of allylic oxidation sites excluding steroid dienone is 4. The Hall–Kier alpha value is -1.88. The van der Waals surface area contributed by atoms with Gasteiger partial charge < -0.3 is 14.6 Å². The third-order valence-electron chi connectivity index (χ3n) is 7.74. The van der Waals surface area contributed by atoms with Crippen molar-refractivity contribution < 1.29 is 24.2 Å². The van der Waals surface area contributed by atoms with E-state index in [-0.39, 0.29) is 35.8 Å². The van der Waals surface area contributed by atoms with Crippen LogP contribution in [0.15, 0.2) is 35.5 Å². The molecule has 5 nitrogen and oxygen atoms in total. The summed E-state index contributed by atoms with van der Waals surface area (Å²) in [7, 11) is 0. The first kappa shape index (κ1) is 23.8. The van der Waals surface area contributed by atoms with Crippen LogP contribution in [-0.2, 0) is 19.1 Å². The first-order valence-electron chi connectivity index (χ1n) is 11.6. The molecule has 172 valence electrons. The Labute approximate surface area is 186 Å². The van der Waals surface area contributed by atoms with E-state index in [1.165, 1.54) is 5.57 Å². The van der Waals surface area contributed by atoms with E-state index in [2.05, 4.69) is 39.0 Å². The lowest BCUT2D eigenvalue weighted by Gasteiger charge is -2.52. The summed E-state index contributed by atoms with van der Waals surface area (Å²) >= 11 is 0. The zero-order valence-electron chi connectivity index (χ0n) is 19.8. The molecule has 0 aromatic heterocycles. The van der Waals surface area contributed by atoms with Gasteiger partial charge in [0.15, 0.2) is 0 Å². The van der Waals surface area contributed by atoms with Gasteiger partial charge in [0.25, 0.3) is 0 Å². The van der Waals surface area contributed by atoms with Crippen molar-refractivity contribution in [2.75, 3.05) is 0 Å². The minimum atomic E-state index is -0.661. The summed E-state index contributed by atoms with van der Waals surface area (Å²) in [5, 5.41) is 10.1. The summed E-state index contributed by atoms with van der Waals surface area (Å²) in [4.78, 5) is 24.6. The van der Waals surface area contributed by atoms with Gasteiger partial charge >= 0.3 is 11.9 Å². The van der Waals surface area contributed by atoms with Gasteiger partial charge in [-0.15, -0.1) is 0 Å². The molecular weight excluding hydrogens is 392 g/mol. The fraction of sp³-hybridized carbons (Fsp3) is 0.692. The number of esters is 2. The van der Waals surface area contributed by atoms with E-state index in [0.29, 0.717) is 30.3 Å². The second-order valence-electron chi connectivity index (χ2n) is 10.3. The lowest BCUT2D eigenvalue weighted by atomic mass is 9.55. The zero-order chi connectivity index (χ0) is 23.0. The number of carbonyl (C=O) groups is 2. The Balaban J connectivity index is 1.88. The molecule has 2 aliphatic carbocycles. The van der Waals surface area contributed by atoms with Gasteiger partial charge in [0.2, 0.25) is 0 Å². The predicted octanol–water partition coefficient (Wildman–Crippen LogP) is 4.90. The maximum Gasteiger partial charge on any atom is 0.333 e. The maximum atomic E-state index is 12.7. The Kier molecular flexibility index (Phi) is 6.85. The molecular formula is C26H38O5. The smallest absolute Gasteiger partial charge is 0.333 e. The molecule has 2 unspecified atom stereocenters. The molecule has 7 atom stereocenters. The monoisotopic (exact) mass is 430 g/mol. The number of hydrogen-bond donors (Lipinski definition) is 1. The van der Waals surface area contributed by atoms with Crippen LogP contribution >= 0.6 is 0 Å². The van der Waals surface area contributed by atoms with E-state index in [9.17, 15) is 14.7 Å². The van der Waals surface area contributed by atoms with Gasteiger partial charge in [0.1, 0.15) is 11.7 Å². The van der Waals surface area contributed by atoms with Crippen molar-refractivity contribution in [3.05, 3.63) is 35.5 Å². The van der Waals surface area contributed by atoms with E-state index < -0.39 is 11.7 Å². The van der Waals surface area contributed by atoms with Crippen LogP contribution in [0.4, 0.5) is 0 Å². The molecule has 0 spiro atoms. The first-order chi connectivity index (χ1) is 14.5. The van der Waals surface area contributed by atoms with Gasteiger partial charge in [-0.1, -0.05) is 45.1 Å². The molecule has 0 radical (unpaired) electrons. The van der Waals surface area contributed by atoms with Crippen molar-refractivity contribution in [1.82, 2.24) is 0 Å². The van der Waals surface area contributed by atoms with Crippen LogP contribution in [0.3, 0.4) is 0 Å². The van der Waals surface area contributed by atoms with Gasteiger partial charge in [0, 0.05) is 17.4 Å². The van der Waals surface area contributed by atoms with Crippen molar-refractivity contribution >= 4 is 11.9 Å². The highest BCUT2D eigenvalue weighted by Gasteiger charge is 2.51. The normalized spacial score (nSPS) is 40.6. The second-order valence-corrected chi connectivity index (χ2v) is 10.3. The SMILES string of the molecule is C/C=C(\C)C(=O)OC1CC(C)C=C2C=C[C@H](C)[C@H](CC[C@]3(C)C[C@@H](O)CC(=O)O3)[C@]21C. The third-order valence-corrected chi connectivity index (χ3v) is 7.74. The highest BCUT2D eigenvalue weighted by molar-refractivity contribution is 5.87. The fourth-order valence-corrected chi connectivity index (χ4v) is 5.75. The Morgan fingerprint density at radius 2 is 2.06 bits per heavy atom. The number of aliphatic hydroxyl groups excluding tert-OH is 1. The van der Waals surface area contributed by atoms with Gasteiger partial charge in [0.05, 0.1) is 12.5 Å². The summed E-state index contributed by atoms with van der Waals surface area (Å²) in [6, 6.07) is 0. The molecule has 1 fully saturated rings. The molecule has 0 aromatic carbocycles. The lowest BCUT2D eigenvalue weighted by Crippen LogP contribution is -2.50. The minimum Gasteiger partial charge on any atom is -0.459 e. The van der Waals surface area contributed by atoms with Crippen molar-refractivity contribution in [2.45, 2.75) is 91.5 Å². The third kappa shape index (κ3) is 4.82. The van der Waals surface area contributed by atoms with E-state index in [0.717, 1.165) is 12.8 Å². The number of aliphatic hydroxyl groups is 1. The standard InChI is InChI=1S/C26H38O5/c1-7-17(3)24(29)30-22-13-16(2)12-19-9-8-18(4)21(26(19,22)6)10-11-25(5)15-20(27)14-23(28)31-25/h7-9,12,16,18,20-22,27H,10-11,13-15H2,1-6H3/b17-7+/t16?,18-,20-,21-,22?,25+,26-/m0/s1. The molecule has 0 aromatic rings. The van der Waals surface area contributed by atoms with Crippen molar-refractivity contribution in [3.63, 3.8) is 0 Å². The van der Waals surface area contributed by atoms with Crippen LogP contribution in [0.25, 0.3) is 0 Å². The quantitative estimate of drug-likeness (QED) is 0.496. The van der Waals surface area contributed by atoms with Crippen LogP contribution < -0.4 is 0 Å². The molecule has 0 bridgehead atoms. The molecule has 3 rings (SSSR count). The number of ether oxygens (including phenoxy) is 2. The van der Waals surface area contributed by atoms with Crippen LogP contribution in [0, 0.1) is 23.2 Å². The van der Waals surface area contributed by atoms with Gasteiger partial charge in [-0.05, 0) is 63.4 Å². The molecule has 0 saturated carbocycles. The van der Waals surface area contributed by atoms with E-state index in [1.807, 2.05) is 13.8 Å². The van der Waals surface area contributed by atoms with Crippen molar-refractivity contribution in [2.24, 2.45) is 23.2 Å². The van der Waals surface area contributed by atoms with E-state index in [1.54, 1.807) is 13.0 Å². The highest BCUT2D eigenvalue weighted by atomic mass is 16.6. The molecule has 0 amide bonds. The van der Waals surface area contributed by atoms with Gasteiger partial charge in [-0.3, -0.25) is 4.79 Å². The van der Waals surface area contributed by atoms with Crippen molar-refractivity contribution in [3.8, 4) is 0 Å². The molecule has 1 N–H and O–H groups in total. The Bertz CT molecular complexity index is 809. The average Bonchev–Trinajstić information content (AvgIpc) is 2.67. The second kappa shape index (κ2) is 8.93. The Morgan fingerprint density at radius 3 is 2.71 bits per heavy atom. The Morgan fingerprint density at radius 1 is 1.35 bits per heavy atom. The van der Waals surface area contributed by atoms with Crippen LogP contribution in [0.1, 0.15) is 73.6 Å². The summed E-state index contributed by atoms with van der Waals surface area (Å²) in [5.74, 6) is 0.281. The van der Waals surface area contributed by atoms with Crippen LogP contribution in [0.5, 0.6) is 0 Å². The number of rotatable bonds is 5. The average molecular weight is 431 g/mol. The largest absolute Gasteiger partial charge is 0.459 e. The number of carbonyl (C=O) groups excluding carboxylic acids is 2. The zero-order valence-corrected chi connectivity index (χ0v) is 19.8. The first-order valence-corrected chi connectivity index (χ1v) is 11.6. The highest BCUT2D eigenvalue weighted by Crippen LogP contribution is 2.54. The molecule has 1 aliphatic heterocycles. The molecule has 5 heteroatoms. The van der Waals surface area contributed by atoms with E-state index in [4.69, 9.17) is 9.47 Å². The summed E-state index contributed by atoms with van der Waals surface area (Å²) < 4.78 is 11.8. The van der Waals surface area contributed by atoms with Crippen LogP contribution in [-0.4, -0.2) is 34.9 Å². The van der Waals surface area contributed by atoms with E-state index >= 15 is 0 Å². The summed E-state index contributed by atoms with van der Waals surface area (Å²) in [6.45, 7) is 12.2. The number of cyclic esters (lactones) is 1. The van der Waals surface area contributed by atoms with Crippen LogP contribution in [0.2, 0.25) is 0 Å². The summed E-state index contributed by atoms with van der Waals surface area (Å²) in [6.07, 6.45) is 10.5. The topological polar surface area (TPSA) is 72.8 Å². The molecule has 1 saturated heterocycles. The molecule has 1 heterocycles. The minimum absolute atomic E-state index is 0.0724. The molecule has 3 aliphatic rings. The fourth-order valence-electron chi connectivity index (χ4n) is 5.75. The number of fused-ring (bicyclic) bond motifs is 1. The van der Waals surface area contributed by atoms with Crippen molar-refractivity contribution in [1.29, 1.82) is 0 Å². The number of hydrogen-bond acceptors (Lipinski definition) is 5. The molecule has 31 heavy (non-hydrogen) atoms. The lowest BCUT2D eigenvalue weighted by molar-refractivity contribution is -0.176. The predicted molar refractivity (Wildman–Crippen MR) is 120 cm³/mol.